The molecule has 164 valence electrons. The van der Waals surface area contributed by atoms with Crippen LogP contribution in [-0.4, -0.2) is 50.6 Å². The highest BCUT2D eigenvalue weighted by molar-refractivity contribution is 6.30. The molecule has 3 aromatic rings. The molecular weight excluding hydrogens is 434 g/mol. The molecule has 0 spiro atoms. The molecule has 0 radical (unpaired) electrons. The maximum absolute atomic E-state index is 11.9. The van der Waals surface area contributed by atoms with Gasteiger partial charge in [-0.15, -0.1) is 0 Å². The molecule has 1 aromatic carbocycles. The second kappa shape index (κ2) is 8.46. The summed E-state index contributed by atoms with van der Waals surface area (Å²) in [5, 5.41) is 13.8. The van der Waals surface area contributed by atoms with Gasteiger partial charge in [0, 0.05) is 22.2 Å². The molecular formula is C21H20ClN7O3. The van der Waals surface area contributed by atoms with Crippen LogP contribution in [0.25, 0.3) is 11.7 Å². The first kappa shape index (κ1) is 20.3. The number of imide groups is 1. The quantitative estimate of drug-likeness (QED) is 0.270. The molecule has 3 heterocycles. The van der Waals surface area contributed by atoms with Gasteiger partial charge in [0.1, 0.15) is 12.4 Å². The topological polar surface area (TPSA) is 123 Å². The van der Waals surface area contributed by atoms with E-state index in [0.717, 1.165) is 12.8 Å². The lowest BCUT2D eigenvalue weighted by Crippen LogP contribution is -2.19. The normalized spacial score (nSPS) is 17.1. The molecule has 2 aromatic heterocycles. The summed E-state index contributed by atoms with van der Waals surface area (Å²) in [6.07, 6.45) is 5.44. The van der Waals surface area contributed by atoms with E-state index in [2.05, 4.69) is 31.0 Å². The summed E-state index contributed by atoms with van der Waals surface area (Å²) >= 11 is 5.98. The maximum atomic E-state index is 11.9. The molecule has 5 rings (SSSR count). The van der Waals surface area contributed by atoms with Crippen molar-refractivity contribution in [3.8, 4) is 5.75 Å². The Hall–Kier alpha value is -3.66. The summed E-state index contributed by atoms with van der Waals surface area (Å²) in [5.41, 5.74) is 1.54. The predicted molar refractivity (Wildman–Crippen MR) is 119 cm³/mol. The van der Waals surface area contributed by atoms with Gasteiger partial charge in [-0.25, -0.2) is 0 Å². The molecule has 1 aliphatic heterocycles. The maximum Gasteiger partial charge on any atom is 0.254 e. The summed E-state index contributed by atoms with van der Waals surface area (Å²) in [4.78, 5) is 32.6. The van der Waals surface area contributed by atoms with Gasteiger partial charge in [-0.1, -0.05) is 17.7 Å². The molecule has 2 fully saturated rings. The van der Waals surface area contributed by atoms with Crippen molar-refractivity contribution in [3.05, 3.63) is 46.6 Å². The Morgan fingerprint density at radius 2 is 2.16 bits per heavy atom. The van der Waals surface area contributed by atoms with Gasteiger partial charge in [-0.05, 0) is 37.1 Å². The summed E-state index contributed by atoms with van der Waals surface area (Å²) in [7, 11) is 0. The van der Waals surface area contributed by atoms with E-state index in [1.54, 1.807) is 28.9 Å². The van der Waals surface area contributed by atoms with Gasteiger partial charge < -0.3 is 15.4 Å². The Balaban J connectivity index is 1.36. The highest BCUT2D eigenvalue weighted by atomic mass is 35.5. The van der Waals surface area contributed by atoms with E-state index in [9.17, 15) is 9.59 Å². The van der Waals surface area contributed by atoms with Gasteiger partial charge in [-0.2, -0.15) is 19.6 Å². The van der Waals surface area contributed by atoms with Crippen molar-refractivity contribution in [2.24, 2.45) is 0 Å². The Morgan fingerprint density at radius 1 is 1.28 bits per heavy atom. The van der Waals surface area contributed by atoms with E-state index in [4.69, 9.17) is 16.3 Å². The summed E-state index contributed by atoms with van der Waals surface area (Å²) in [5.74, 6) is 0.942. The van der Waals surface area contributed by atoms with Crippen LogP contribution in [0.3, 0.4) is 0 Å². The number of nitrogens with zero attached hydrogens (tertiary/aromatic N) is 4. The number of aromatic nitrogens is 4. The van der Waals surface area contributed by atoms with E-state index in [1.165, 1.54) is 0 Å². The molecule has 0 atom stereocenters. The first-order valence-electron chi connectivity index (χ1n) is 10.2. The molecule has 3 N–H and O–H groups in total. The highest BCUT2D eigenvalue weighted by Gasteiger charge is 2.26. The van der Waals surface area contributed by atoms with Crippen molar-refractivity contribution >= 4 is 47.0 Å². The van der Waals surface area contributed by atoms with E-state index in [0.29, 0.717) is 58.6 Å². The van der Waals surface area contributed by atoms with Crippen molar-refractivity contribution in [1.29, 1.82) is 0 Å². The minimum absolute atomic E-state index is 0.0421. The van der Waals surface area contributed by atoms with Gasteiger partial charge >= 0.3 is 0 Å². The molecule has 1 saturated carbocycles. The van der Waals surface area contributed by atoms with Crippen LogP contribution in [-0.2, 0) is 9.59 Å². The van der Waals surface area contributed by atoms with Crippen molar-refractivity contribution < 1.29 is 14.3 Å². The monoisotopic (exact) mass is 453 g/mol. The fraction of sp³-hybridized carbons (Fsp3) is 0.286. The van der Waals surface area contributed by atoms with E-state index in [-0.39, 0.29) is 12.3 Å². The van der Waals surface area contributed by atoms with Crippen LogP contribution in [0, 0.1) is 0 Å². The fourth-order valence-electron chi connectivity index (χ4n) is 3.28. The minimum Gasteiger partial charge on any atom is -0.492 e. The summed E-state index contributed by atoms with van der Waals surface area (Å²) in [6, 6.07) is 7.55. The summed E-state index contributed by atoms with van der Waals surface area (Å²) < 4.78 is 7.30. The van der Waals surface area contributed by atoms with Gasteiger partial charge in [0.2, 0.25) is 17.8 Å². The molecule has 0 bridgehead atoms. The van der Waals surface area contributed by atoms with Crippen LogP contribution in [0.2, 0.25) is 5.02 Å². The molecule has 2 amide bonds. The van der Waals surface area contributed by atoms with Gasteiger partial charge in [0.05, 0.1) is 19.2 Å². The van der Waals surface area contributed by atoms with Crippen LogP contribution < -0.4 is 20.7 Å². The van der Waals surface area contributed by atoms with Crippen molar-refractivity contribution in [3.63, 3.8) is 0 Å². The van der Waals surface area contributed by atoms with Gasteiger partial charge in [0.15, 0.2) is 5.65 Å². The molecule has 0 unspecified atom stereocenters. The molecule has 32 heavy (non-hydrogen) atoms. The minimum atomic E-state index is -0.392. The summed E-state index contributed by atoms with van der Waals surface area (Å²) in [6.45, 7) is 0.853. The lowest BCUT2D eigenvalue weighted by Gasteiger charge is -2.11. The number of halogens is 1. The SMILES string of the molecule is O=C1C/C(=C\c2cnn3c(NC4CC4)nc(NCCOc4cccc(Cl)c4)nc23)C(=O)N1. The third-order valence-electron chi connectivity index (χ3n) is 4.98. The highest BCUT2D eigenvalue weighted by Crippen LogP contribution is 2.26. The van der Waals surface area contributed by atoms with Crippen molar-refractivity contribution in [2.75, 3.05) is 23.8 Å². The largest absolute Gasteiger partial charge is 0.492 e. The second-order valence-corrected chi connectivity index (χ2v) is 8.02. The predicted octanol–water partition coefficient (Wildman–Crippen LogP) is 2.27. The number of fused-ring (bicyclic) bond motifs is 1. The number of amides is 2. The Kier molecular flexibility index (Phi) is 5.36. The fourth-order valence-corrected chi connectivity index (χ4v) is 3.46. The van der Waals surface area contributed by atoms with Crippen LogP contribution in [0.1, 0.15) is 24.8 Å². The molecule has 10 nitrogen and oxygen atoms in total. The zero-order valence-electron chi connectivity index (χ0n) is 17.0. The van der Waals surface area contributed by atoms with E-state index >= 15 is 0 Å². The Morgan fingerprint density at radius 3 is 2.91 bits per heavy atom. The number of nitrogens with one attached hydrogen (secondary N) is 3. The van der Waals surface area contributed by atoms with Crippen LogP contribution >= 0.6 is 11.6 Å². The Labute approximate surface area is 188 Å². The lowest BCUT2D eigenvalue weighted by atomic mass is 10.1. The van der Waals surface area contributed by atoms with Gasteiger partial charge in [0.25, 0.3) is 5.91 Å². The number of hydrogen-bond acceptors (Lipinski definition) is 8. The number of carbonyl (C=O) groups is 2. The van der Waals surface area contributed by atoms with Crippen LogP contribution in [0.15, 0.2) is 36.0 Å². The first-order valence-corrected chi connectivity index (χ1v) is 10.6. The van der Waals surface area contributed by atoms with E-state index < -0.39 is 5.91 Å². The number of anilines is 2. The third-order valence-corrected chi connectivity index (χ3v) is 5.22. The smallest absolute Gasteiger partial charge is 0.254 e. The lowest BCUT2D eigenvalue weighted by molar-refractivity contribution is -0.124. The first-order chi connectivity index (χ1) is 15.5. The molecule has 2 aliphatic rings. The number of hydrogen-bond donors (Lipinski definition) is 3. The second-order valence-electron chi connectivity index (χ2n) is 7.58. The molecule has 1 saturated heterocycles. The number of ether oxygens (including phenoxy) is 1. The number of benzene rings is 1. The average Bonchev–Trinajstić information content (AvgIpc) is 3.40. The molecule has 11 heteroatoms. The van der Waals surface area contributed by atoms with Crippen LogP contribution in [0.4, 0.5) is 11.9 Å². The zero-order chi connectivity index (χ0) is 22.1. The number of rotatable bonds is 8. The van der Waals surface area contributed by atoms with Crippen LogP contribution in [0.5, 0.6) is 5.75 Å². The standard InChI is InChI=1S/C21H20ClN7O3/c22-14-2-1-3-16(10-14)32-7-6-23-20-27-18-13(8-12-9-17(30)26-19(12)31)11-24-29(18)21(28-20)25-15-4-5-15/h1-3,8,10-11,15H,4-7,9H2,(H,26,30,31)(H2,23,25,27,28)/b12-8+. The van der Waals surface area contributed by atoms with Crippen molar-refractivity contribution in [2.45, 2.75) is 25.3 Å². The van der Waals surface area contributed by atoms with E-state index in [1.807, 2.05) is 12.1 Å². The third kappa shape index (κ3) is 4.50. The Bertz CT molecular complexity index is 1240. The molecule has 1 aliphatic carbocycles. The average molecular weight is 454 g/mol. The van der Waals surface area contributed by atoms with Crippen molar-refractivity contribution in [1.82, 2.24) is 24.9 Å². The zero-order valence-corrected chi connectivity index (χ0v) is 17.7. The number of carbonyl (C=O) groups excluding carboxylic acids is 2. The van der Waals surface area contributed by atoms with Gasteiger partial charge in [-0.3, -0.25) is 14.9 Å².